The smallest absolute Gasteiger partial charge is 0.403 e. The predicted octanol–water partition coefficient (Wildman–Crippen LogP) is 3.80. The van der Waals surface area contributed by atoms with Gasteiger partial charge >= 0.3 is 12.5 Å². The van der Waals surface area contributed by atoms with Crippen molar-refractivity contribution in [1.29, 1.82) is 5.26 Å². The Bertz CT molecular complexity index is 534. The van der Waals surface area contributed by atoms with Gasteiger partial charge in [0.05, 0.1) is 29.6 Å². The molecular formula is C10H5ClF6N2O. The summed E-state index contributed by atoms with van der Waals surface area (Å²) >= 11 is 5.29. The van der Waals surface area contributed by atoms with Crippen LogP contribution in [0.15, 0.2) is 6.20 Å². The molecule has 0 radical (unpaired) electrons. The molecule has 110 valence electrons. The van der Waals surface area contributed by atoms with Gasteiger partial charge in [-0.25, -0.2) is 0 Å². The van der Waals surface area contributed by atoms with Gasteiger partial charge in [0.2, 0.25) is 0 Å². The van der Waals surface area contributed by atoms with E-state index in [0.29, 0.717) is 6.20 Å². The number of alkyl halides is 7. The lowest BCUT2D eigenvalue weighted by atomic mass is 10.1. The summed E-state index contributed by atoms with van der Waals surface area (Å²) in [4.78, 5) is 3.20. The fourth-order valence-electron chi connectivity index (χ4n) is 1.39. The zero-order valence-corrected chi connectivity index (χ0v) is 10.2. The zero-order valence-electron chi connectivity index (χ0n) is 9.44. The normalized spacial score (nSPS) is 12.1. The van der Waals surface area contributed by atoms with Gasteiger partial charge < -0.3 is 4.74 Å². The summed E-state index contributed by atoms with van der Waals surface area (Å²) in [6.07, 6.45) is -10.5. The summed E-state index contributed by atoms with van der Waals surface area (Å²) in [6, 6.07) is 1.49. The van der Waals surface area contributed by atoms with Crippen LogP contribution in [0.4, 0.5) is 26.3 Å². The molecule has 3 nitrogen and oxygen atoms in total. The average molecular weight is 319 g/mol. The second-order valence-corrected chi connectivity index (χ2v) is 3.71. The Labute approximate surface area is 113 Å². The molecule has 1 heterocycles. The molecule has 0 aliphatic heterocycles. The molecule has 0 saturated carbocycles. The molecule has 20 heavy (non-hydrogen) atoms. The van der Waals surface area contributed by atoms with Crippen LogP contribution < -0.4 is 4.74 Å². The third-order valence-corrected chi connectivity index (χ3v) is 2.38. The van der Waals surface area contributed by atoms with Gasteiger partial charge in [0.25, 0.3) is 0 Å². The SMILES string of the molecule is N#CCc1ncc(C(F)(F)F)c(CCl)c1OC(F)(F)F. The van der Waals surface area contributed by atoms with Crippen LogP contribution in [0.1, 0.15) is 16.8 Å². The van der Waals surface area contributed by atoms with Crippen LogP contribution in [0.5, 0.6) is 5.75 Å². The average Bonchev–Trinajstić information content (AvgIpc) is 2.27. The molecule has 0 amide bonds. The van der Waals surface area contributed by atoms with Gasteiger partial charge in [-0.05, 0) is 0 Å². The van der Waals surface area contributed by atoms with Crippen LogP contribution in [-0.4, -0.2) is 11.3 Å². The fourth-order valence-corrected chi connectivity index (χ4v) is 1.65. The van der Waals surface area contributed by atoms with E-state index in [9.17, 15) is 26.3 Å². The zero-order chi connectivity index (χ0) is 15.6. The third-order valence-electron chi connectivity index (χ3n) is 2.11. The minimum Gasteiger partial charge on any atom is -0.403 e. The van der Waals surface area contributed by atoms with Gasteiger partial charge in [-0.2, -0.15) is 18.4 Å². The standard InChI is InChI=1S/C10H5ClF6N2O/c11-3-5-6(9(12,13)14)4-19-7(1-2-18)8(5)20-10(15,16)17/h4H,1,3H2. The van der Waals surface area contributed by atoms with Crippen molar-refractivity contribution < 1.29 is 31.1 Å². The molecule has 0 aliphatic rings. The van der Waals surface area contributed by atoms with Crippen molar-refractivity contribution in [1.82, 2.24) is 4.98 Å². The molecule has 0 spiro atoms. The van der Waals surface area contributed by atoms with Crippen LogP contribution in [0.25, 0.3) is 0 Å². The molecule has 0 atom stereocenters. The van der Waals surface area contributed by atoms with Crippen LogP contribution in [0.2, 0.25) is 0 Å². The second kappa shape index (κ2) is 5.75. The first-order valence-electron chi connectivity index (χ1n) is 4.86. The first-order valence-corrected chi connectivity index (χ1v) is 5.40. The van der Waals surface area contributed by atoms with Gasteiger partial charge in [0.15, 0.2) is 5.75 Å². The number of halogens is 7. The second-order valence-electron chi connectivity index (χ2n) is 3.44. The molecule has 0 aromatic carbocycles. The van der Waals surface area contributed by atoms with Gasteiger partial charge in [-0.3, -0.25) is 4.98 Å². The number of pyridine rings is 1. The number of rotatable bonds is 3. The Morgan fingerprint density at radius 2 is 1.85 bits per heavy atom. The van der Waals surface area contributed by atoms with E-state index < -0.39 is 47.4 Å². The van der Waals surface area contributed by atoms with Crippen molar-refractivity contribution >= 4 is 11.6 Å². The topological polar surface area (TPSA) is 45.9 Å². The summed E-state index contributed by atoms with van der Waals surface area (Å²) in [5.74, 6) is -2.05. The van der Waals surface area contributed by atoms with E-state index in [-0.39, 0.29) is 0 Å². The van der Waals surface area contributed by atoms with E-state index in [0.717, 1.165) is 0 Å². The van der Waals surface area contributed by atoms with E-state index in [2.05, 4.69) is 9.72 Å². The number of aromatic nitrogens is 1. The molecule has 0 saturated heterocycles. The van der Waals surface area contributed by atoms with E-state index in [1.807, 2.05) is 0 Å². The Hall–Kier alpha value is -1.69. The first-order chi connectivity index (χ1) is 9.10. The molecule has 0 N–H and O–H groups in total. The van der Waals surface area contributed by atoms with E-state index in [4.69, 9.17) is 16.9 Å². The highest BCUT2D eigenvalue weighted by atomic mass is 35.5. The lowest BCUT2D eigenvalue weighted by Crippen LogP contribution is -2.21. The minimum absolute atomic E-state index is 0.327. The van der Waals surface area contributed by atoms with Crippen molar-refractivity contribution in [2.45, 2.75) is 24.8 Å². The van der Waals surface area contributed by atoms with E-state index in [1.54, 1.807) is 0 Å². The van der Waals surface area contributed by atoms with E-state index in [1.165, 1.54) is 6.07 Å². The highest BCUT2D eigenvalue weighted by molar-refractivity contribution is 6.17. The summed E-state index contributed by atoms with van der Waals surface area (Å²) in [7, 11) is 0. The summed E-state index contributed by atoms with van der Waals surface area (Å²) in [6.45, 7) is 0. The molecule has 0 bridgehead atoms. The molecule has 0 fully saturated rings. The maximum absolute atomic E-state index is 12.7. The lowest BCUT2D eigenvalue weighted by molar-refractivity contribution is -0.275. The van der Waals surface area contributed by atoms with E-state index >= 15 is 0 Å². The number of nitrogens with zero attached hydrogens (tertiary/aromatic N) is 2. The van der Waals surface area contributed by atoms with Crippen molar-refractivity contribution in [3.8, 4) is 11.8 Å². The number of hydrogen-bond acceptors (Lipinski definition) is 3. The quantitative estimate of drug-likeness (QED) is 0.629. The maximum Gasteiger partial charge on any atom is 0.573 e. The van der Waals surface area contributed by atoms with Crippen LogP contribution in [0, 0.1) is 11.3 Å². The number of hydrogen-bond donors (Lipinski definition) is 0. The molecule has 0 unspecified atom stereocenters. The lowest BCUT2D eigenvalue weighted by Gasteiger charge is -2.18. The number of nitriles is 1. The largest absolute Gasteiger partial charge is 0.573 e. The van der Waals surface area contributed by atoms with Gasteiger partial charge in [-0.1, -0.05) is 0 Å². The fraction of sp³-hybridized carbons (Fsp3) is 0.400. The molecular weight excluding hydrogens is 314 g/mol. The molecule has 1 aromatic heterocycles. The Morgan fingerprint density at radius 3 is 2.25 bits per heavy atom. The van der Waals surface area contributed by atoms with Gasteiger partial charge in [-0.15, -0.1) is 24.8 Å². The third kappa shape index (κ3) is 3.90. The van der Waals surface area contributed by atoms with Gasteiger partial charge in [0.1, 0.15) is 0 Å². The van der Waals surface area contributed by atoms with Crippen molar-refractivity contribution in [2.24, 2.45) is 0 Å². The summed E-state index contributed by atoms with van der Waals surface area (Å²) in [5, 5.41) is 8.45. The Balaban J connectivity index is 3.51. The Kier molecular flexibility index (Phi) is 4.70. The van der Waals surface area contributed by atoms with Crippen LogP contribution >= 0.6 is 11.6 Å². The molecule has 0 aliphatic carbocycles. The predicted molar refractivity (Wildman–Crippen MR) is 54.8 cm³/mol. The summed E-state index contributed by atoms with van der Waals surface area (Å²) < 4.78 is 78.3. The minimum atomic E-state index is -5.23. The Morgan fingerprint density at radius 1 is 1.25 bits per heavy atom. The van der Waals surface area contributed by atoms with Crippen LogP contribution in [0.3, 0.4) is 0 Å². The molecule has 10 heteroatoms. The highest BCUT2D eigenvalue weighted by Gasteiger charge is 2.39. The van der Waals surface area contributed by atoms with Crippen molar-refractivity contribution in [3.63, 3.8) is 0 Å². The maximum atomic E-state index is 12.7. The van der Waals surface area contributed by atoms with Crippen molar-refractivity contribution in [2.75, 3.05) is 0 Å². The summed E-state index contributed by atoms with van der Waals surface area (Å²) in [5.41, 5.74) is -2.90. The molecule has 1 aromatic rings. The van der Waals surface area contributed by atoms with Crippen molar-refractivity contribution in [3.05, 3.63) is 23.0 Å². The number of ether oxygens (including phenoxy) is 1. The first kappa shape index (κ1) is 16.4. The van der Waals surface area contributed by atoms with Gasteiger partial charge in [0, 0.05) is 11.8 Å². The molecule has 1 rings (SSSR count). The monoisotopic (exact) mass is 318 g/mol. The van der Waals surface area contributed by atoms with Crippen LogP contribution in [-0.2, 0) is 18.5 Å². The highest BCUT2D eigenvalue weighted by Crippen LogP contribution is 2.39.